The van der Waals surface area contributed by atoms with Crippen molar-refractivity contribution in [3.63, 3.8) is 0 Å². The summed E-state index contributed by atoms with van der Waals surface area (Å²) in [6.07, 6.45) is 0. The molecule has 0 aliphatic heterocycles. The molecule has 0 bridgehead atoms. The highest BCUT2D eigenvalue weighted by Gasteiger charge is 2.14. The van der Waals surface area contributed by atoms with E-state index in [1.165, 1.54) is 7.11 Å². The van der Waals surface area contributed by atoms with E-state index in [1.807, 2.05) is 30.3 Å². The number of halogens is 1. The number of rotatable bonds is 6. The number of carbonyl (C=O) groups is 2. The topological polar surface area (TPSA) is 79.5 Å². The standard InChI is InChI=1S/C23H20BrN3O3S/c1-30-20-11-10-17(24)13-19(20)22(29)27-23(31)26-18-9-5-8-16(12-18)21(28)25-14-15-6-3-2-4-7-15/h2-13H,14H2,1H3,(H,25,28)(H2,26,27,29,31). The summed E-state index contributed by atoms with van der Waals surface area (Å²) in [5.74, 6) is -0.186. The molecule has 6 nitrogen and oxygen atoms in total. The Kier molecular flexibility index (Phi) is 7.75. The molecule has 0 heterocycles. The predicted molar refractivity (Wildman–Crippen MR) is 128 cm³/mol. The first-order chi connectivity index (χ1) is 15.0. The average molecular weight is 498 g/mol. The second-order valence-electron chi connectivity index (χ2n) is 6.50. The number of benzene rings is 3. The molecule has 0 aromatic heterocycles. The van der Waals surface area contributed by atoms with Crippen molar-refractivity contribution in [2.75, 3.05) is 12.4 Å². The first-order valence-corrected chi connectivity index (χ1v) is 10.5. The first-order valence-electron chi connectivity index (χ1n) is 9.34. The van der Waals surface area contributed by atoms with Gasteiger partial charge in [0.25, 0.3) is 11.8 Å². The molecule has 3 aromatic rings. The van der Waals surface area contributed by atoms with Crippen molar-refractivity contribution in [2.45, 2.75) is 6.54 Å². The van der Waals surface area contributed by atoms with E-state index < -0.39 is 5.91 Å². The second kappa shape index (κ2) is 10.7. The molecule has 0 radical (unpaired) electrons. The molecular formula is C23H20BrN3O3S. The first kappa shape index (κ1) is 22.5. The van der Waals surface area contributed by atoms with Crippen molar-refractivity contribution in [1.82, 2.24) is 10.6 Å². The molecule has 0 spiro atoms. The summed E-state index contributed by atoms with van der Waals surface area (Å²) in [7, 11) is 1.49. The van der Waals surface area contributed by atoms with E-state index >= 15 is 0 Å². The SMILES string of the molecule is COc1ccc(Br)cc1C(=O)NC(=S)Nc1cccc(C(=O)NCc2ccccc2)c1. The number of amides is 2. The van der Waals surface area contributed by atoms with Gasteiger partial charge in [-0.05, 0) is 54.2 Å². The molecule has 8 heteroatoms. The van der Waals surface area contributed by atoms with Gasteiger partial charge in [0, 0.05) is 22.3 Å². The lowest BCUT2D eigenvalue weighted by Gasteiger charge is -2.13. The minimum Gasteiger partial charge on any atom is -0.496 e. The van der Waals surface area contributed by atoms with E-state index in [0.717, 1.165) is 10.0 Å². The zero-order valence-corrected chi connectivity index (χ0v) is 19.0. The Labute approximate surface area is 194 Å². The number of thiocarbonyl (C=S) groups is 1. The Morgan fingerprint density at radius 3 is 2.48 bits per heavy atom. The van der Waals surface area contributed by atoms with Crippen LogP contribution in [0.15, 0.2) is 77.3 Å². The van der Waals surface area contributed by atoms with Gasteiger partial charge in [0.2, 0.25) is 0 Å². The highest BCUT2D eigenvalue weighted by molar-refractivity contribution is 9.10. The van der Waals surface area contributed by atoms with Crippen molar-refractivity contribution in [2.24, 2.45) is 0 Å². The van der Waals surface area contributed by atoms with E-state index in [4.69, 9.17) is 17.0 Å². The summed E-state index contributed by atoms with van der Waals surface area (Å²) >= 11 is 8.59. The van der Waals surface area contributed by atoms with Crippen LogP contribution in [-0.2, 0) is 6.54 Å². The summed E-state index contributed by atoms with van der Waals surface area (Å²) in [5, 5.41) is 8.54. The van der Waals surface area contributed by atoms with Gasteiger partial charge in [-0.1, -0.05) is 52.3 Å². The van der Waals surface area contributed by atoms with Crippen LogP contribution in [0.4, 0.5) is 5.69 Å². The number of hydrogen-bond acceptors (Lipinski definition) is 4. The van der Waals surface area contributed by atoms with Gasteiger partial charge in [0.1, 0.15) is 5.75 Å². The third kappa shape index (κ3) is 6.37. The maximum Gasteiger partial charge on any atom is 0.261 e. The number of anilines is 1. The zero-order valence-electron chi connectivity index (χ0n) is 16.6. The molecule has 0 fully saturated rings. The lowest BCUT2D eigenvalue weighted by Crippen LogP contribution is -2.34. The number of carbonyl (C=O) groups excluding carboxylic acids is 2. The number of methoxy groups -OCH3 is 1. The Morgan fingerprint density at radius 1 is 0.968 bits per heavy atom. The molecule has 3 aromatic carbocycles. The number of ether oxygens (including phenoxy) is 1. The summed E-state index contributed by atoms with van der Waals surface area (Å²) in [6, 6.07) is 21.6. The van der Waals surface area contributed by atoms with Gasteiger partial charge in [-0.15, -0.1) is 0 Å². The Balaban J connectivity index is 1.61. The lowest BCUT2D eigenvalue weighted by molar-refractivity contribution is 0.0948. The van der Waals surface area contributed by atoms with Crippen molar-refractivity contribution in [3.05, 3.63) is 94.0 Å². The van der Waals surface area contributed by atoms with E-state index in [-0.39, 0.29) is 11.0 Å². The normalized spacial score (nSPS) is 10.1. The molecule has 2 amide bonds. The van der Waals surface area contributed by atoms with E-state index in [2.05, 4.69) is 31.9 Å². The number of hydrogen-bond donors (Lipinski definition) is 3. The smallest absolute Gasteiger partial charge is 0.261 e. The summed E-state index contributed by atoms with van der Waals surface area (Å²) in [5.41, 5.74) is 2.41. The Bertz CT molecular complexity index is 1110. The fourth-order valence-corrected chi connectivity index (χ4v) is 3.38. The highest BCUT2D eigenvalue weighted by atomic mass is 79.9. The van der Waals surface area contributed by atoms with Gasteiger partial charge in [-0.25, -0.2) is 0 Å². The summed E-state index contributed by atoms with van der Waals surface area (Å²) < 4.78 is 5.97. The zero-order chi connectivity index (χ0) is 22.2. The van der Waals surface area contributed by atoms with Crippen molar-refractivity contribution in [1.29, 1.82) is 0 Å². The van der Waals surface area contributed by atoms with Crippen LogP contribution in [0.2, 0.25) is 0 Å². The highest BCUT2D eigenvalue weighted by Crippen LogP contribution is 2.23. The molecule has 158 valence electrons. The molecule has 0 saturated heterocycles. The molecule has 0 unspecified atom stereocenters. The van der Waals surface area contributed by atoms with E-state index in [0.29, 0.717) is 29.1 Å². The second-order valence-corrected chi connectivity index (χ2v) is 7.83. The summed E-state index contributed by atoms with van der Waals surface area (Å²) in [6.45, 7) is 0.431. The van der Waals surface area contributed by atoms with Gasteiger partial charge < -0.3 is 15.4 Å². The number of nitrogens with one attached hydrogen (secondary N) is 3. The van der Waals surface area contributed by atoms with Gasteiger partial charge >= 0.3 is 0 Å². The van der Waals surface area contributed by atoms with Gasteiger partial charge in [-0.2, -0.15) is 0 Å². The minimum absolute atomic E-state index is 0.105. The van der Waals surface area contributed by atoms with Crippen LogP contribution in [0.3, 0.4) is 0 Å². The largest absolute Gasteiger partial charge is 0.496 e. The fourth-order valence-electron chi connectivity index (χ4n) is 2.81. The molecule has 0 saturated carbocycles. The van der Waals surface area contributed by atoms with Crippen molar-refractivity contribution < 1.29 is 14.3 Å². The molecule has 3 rings (SSSR count). The molecular weight excluding hydrogens is 478 g/mol. The predicted octanol–water partition coefficient (Wildman–Crippen LogP) is 4.51. The summed E-state index contributed by atoms with van der Waals surface area (Å²) in [4.78, 5) is 25.0. The molecule has 31 heavy (non-hydrogen) atoms. The van der Waals surface area contributed by atoms with Gasteiger partial charge in [-0.3, -0.25) is 14.9 Å². The van der Waals surface area contributed by atoms with Crippen LogP contribution in [0.5, 0.6) is 5.75 Å². The molecule has 0 aliphatic rings. The third-order valence-electron chi connectivity index (χ3n) is 4.31. The van der Waals surface area contributed by atoms with E-state index in [1.54, 1.807) is 42.5 Å². The third-order valence-corrected chi connectivity index (χ3v) is 5.01. The van der Waals surface area contributed by atoms with Crippen molar-refractivity contribution in [3.8, 4) is 5.75 Å². The maximum absolute atomic E-state index is 12.6. The fraction of sp³-hybridized carbons (Fsp3) is 0.0870. The lowest BCUT2D eigenvalue weighted by atomic mass is 10.1. The van der Waals surface area contributed by atoms with Crippen LogP contribution in [0.25, 0.3) is 0 Å². The van der Waals surface area contributed by atoms with Crippen LogP contribution in [0.1, 0.15) is 26.3 Å². The minimum atomic E-state index is -0.410. The van der Waals surface area contributed by atoms with E-state index in [9.17, 15) is 9.59 Å². The van der Waals surface area contributed by atoms with Crippen LogP contribution < -0.4 is 20.7 Å². The Hall–Kier alpha value is -3.23. The monoisotopic (exact) mass is 497 g/mol. The van der Waals surface area contributed by atoms with Crippen molar-refractivity contribution >= 4 is 50.8 Å². The average Bonchev–Trinajstić information content (AvgIpc) is 2.78. The molecule has 0 atom stereocenters. The molecule has 0 aliphatic carbocycles. The quantitative estimate of drug-likeness (QED) is 0.436. The molecule has 3 N–H and O–H groups in total. The van der Waals surface area contributed by atoms with Crippen LogP contribution >= 0.6 is 28.1 Å². The van der Waals surface area contributed by atoms with Crippen LogP contribution in [0, 0.1) is 0 Å². The van der Waals surface area contributed by atoms with Gasteiger partial charge in [0.15, 0.2) is 5.11 Å². The van der Waals surface area contributed by atoms with Gasteiger partial charge in [0.05, 0.1) is 12.7 Å². The Morgan fingerprint density at radius 2 is 1.74 bits per heavy atom. The maximum atomic E-state index is 12.6. The van der Waals surface area contributed by atoms with Crippen LogP contribution in [-0.4, -0.2) is 24.0 Å².